The summed E-state index contributed by atoms with van der Waals surface area (Å²) in [6.07, 6.45) is 11.3. The highest BCUT2D eigenvalue weighted by molar-refractivity contribution is 6.08. The van der Waals surface area contributed by atoms with Gasteiger partial charge in [-0.2, -0.15) is 0 Å². The molecule has 6 nitrogen and oxygen atoms in total. The van der Waals surface area contributed by atoms with Crippen molar-refractivity contribution in [2.75, 3.05) is 12.3 Å². The van der Waals surface area contributed by atoms with Crippen LogP contribution in [0.25, 0.3) is 43.6 Å². The van der Waals surface area contributed by atoms with Crippen molar-refractivity contribution in [1.82, 2.24) is 19.9 Å². The molecule has 8 aromatic rings. The van der Waals surface area contributed by atoms with Crippen LogP contribution >= 0.6 is 0 Å². The molecule has 7 heteroatoms. The lowest BCUT2D eigenvalue weighted by Gasteiger charge is -2.09. The number of para-hydroxylation sites is 1. The smallest absolute Gasteiger partial charge is 0.150 e. The molecule has 4 aromatic carbocycles. The fourth-order valence-electron chi connectivity index (χ4n) is 6.82. The zero-order valence-corrected chi connectivity index (χ0v) is 31.2. The van der Waals surface area contributed by atoms with E-state index in [1.807, 2.05) is 48.8 Å². The summed E-state index contributed by atoms with van der Waals surface area (Å²) in [5.74, 6) is 1.97. The van der Waals surface area contributed by atoms with Crippen molar-refractivity contribution in [2.45, 2.75) is 59.3 Å². The molecule has 0 saturated carbocycles. The summed E-state index contributed by atoms with van der Waals surface area (Å²) in [6.45, 7) is 7.39. The molecule has 0 bridgehead atoms. The molecule has 0 fully saturated rings. The summed E-state index contributed by atoms with van der Waals surface area (Å²) in [4.78, 5) is 18.1. The number of aromatic nitrogens is 4. The van der Waals surface area contributed by atoms with Crippen LogP contribution in [-0.2, 0) is 25.7 Å². The van der Waals surface area contributed by atoms with Gasteiger partial charge in [0.05, 0.1) is 29.4 Å². The molecule has 0 amide bonds. The molecular formula is C47H46FN5O. The summed E-state index contributed by atoms with van der Waals surface area (Å²) in [7, 11) is 0. The third-order valence-electron chi connectivity index (χ3n) is 9.83. The largest absolute Gasteiger partial charge is 0.494 e. The number of rotatable bonds is 11. The molecule has 0 saturated heterocycles. The van der Waals surface area contributed by atoms with Gasteiger partial charge in [-0.1, -0.05) is 74.5 Å². The summed E-state index contributed by atoms with van der Waals surface area (Å²) in [6, 6.07) is 34.1. The van der Waals surface area contributed by atoms with E-state index in [2.05, 4.69) is 95.3 Å². The molecule has 0 atom stereocenters. The first-order chi connectivity index (χ1) is 26.3. The van der Waals surface area contributed by atoms with E-state index in [9.17, 15) is 4.39 Å². The van der Waals surface area contributed by atoms with E-state index >= 15 is 0 Å². The highest BCUT2D eigenvalue weighted by Crippen LogP contribution is 2.28. The maximum atomic E-state index is 13.8. The monoisotopic (exact) mass is 715 g/mol. The zero-order chi connectivity index (χ0) is 37.4. The average Bonchev–Trinajstić information content (AvgIpc) is 3.19. The fraction of sp³-hybridized carbons (Fsp3) is 0.234. The van der Waals surface area contributed by atoms with Crippen molar-refractivity contribution in [3.63, 3.8) is 0 Å². The van der Waals surface area contributed by atoms with Crippen molar-refractivity contribution in [2.24, 2.45) is 5.92 Å². The van der Waals surface area contributed by atoms with E-state index in [1.165, 1.54) is 39.9 Å². The van der Waals surface area contributed by atoms with Crippen LogP contribution in [0.3, 0.4) is 0 Å². The maximum absolute atomic E-state index is 13.8. The molecule has 4 aromatic heterocycles. The molecule has 4 heterocycles. The lowest BCUT2D eigenvalue weighted by molar-refractivity contribution is 0.297. The molecule has 0 unspecified atom stereocenters. The van der Waals surface area contributed by atoms with Crippen molar-refractivity contribution in [3.8, 4) is 5.75 Å². The Bertz CT molecular complexity index is 2530. The molecule has 272 valence electrons. The fourth-order valence-corrected chi connectivity index (χ4v) is 6.82. The third-order valence-corrected chi connectivity index (χ3v) is 9.83. The molecule has 0 aliphatic heterocycles. The van der Waals surface area contributed by atoms with Crippen LogP contribution in [-0.4, -0.2) is 26.5 Å². The molecule has 0 aliphatic carbocycles. The Morgan fingerprint density at radius 3 is 2.13 bits per heavy atom. The van der Waals surface area contributed by atoms with Gasteiger partial charge in [-0.25, -0.2) is 9.37 Å². The van der Waals surface area contributed by atoms with Gasteiger partial charge in [0, 0.05) is 33.9 Å². The number of nitrogens with two attached hydrogens (primary N) is 1. The third kappa shape index (κ3) is 8.80. The minimum Gasteiger partial charge on any atom is -0.494 e. The number of hydrogen-bond donors (Lipinski definition) is 1. The SMILES string of the molecule is Cc1ccc2c(c1)ncc1ncc(CCc3ccc(OCCCC(C)C)cc3)cc12.Nc1nc2ccccc2c2cc(CCc3ccccc3F)cnc12. The Balaban J connectivity index is 0.000000171. The van der Waals surface area contributed by atoms with E-state index < -0.39 is 0 Å². The van der Waals surface area contributed by atoms with Gasteiger partial charge in [0.1, 0.15) is 17.1 Å². The van der Waals surface area contributed by atoms with Gasteiger partial charge in [0.15, 0.2) is 5.82 Å². The van der Waals surface area contributed by atoms with Gasteiger partial charge >= 0.3 is 0 Å². The van der Waals surface area contributed by atoms with E-state index in [0.717, 1.165) is 82.4 Å². The molecule has 0 radical (unpaired) electrons. The Hall–Kier alpha value is -5.95. The predicted octanol–water partition coefficient (Wildman–Crippen LogP) is 11.0. The first-order valence-electron chi connectivity index (χ1n) is 18.8. The number of nitrogen functional groups attached to an aromatic ring is 1. The van der Waals surface area contributed by atoms with E-state index in [0.29, 0.717) is 17.8 Å². The molecule has 0 aliphatic rings. The van der Waals surface area contributed by atoms with Crippen LogP contribution in [0.2, 0.25) is 0 Å². The molecular weight excluding hydrogens is 670 g/mol. The maximum Gasteiger partial charge on any atom is 0.150 e. The lowest BCUT2D eigenvalue weighted by Crippen LogP contribution is -2.00. The minimum absolute atomic E-state index is 0.162. The van der Waals surface area contributed by atoms with Crippen LogP contribution in [0, 0.1) is 18.7 Å². The van der Waals surface area contributed by atoms with Crippen LogP contribution in [0.15, 0.2) is 122 Å². The second-order valence-corrected chi connectivity index (χ2v) is 14.4. The Morgan fingerprint density at radius 2 is 1.31 bits per heavy atom. The Kier molecular flexibility index (Phi) is 11.3. The van der Waals surface area contributed by atoms with Gasteiger partial charge in [0.25, 0.3) is 0 Å². The quantitative estimate of drug-likeness (QED) is 0.106. The standard InChI is InChI=1S/C27H30N2O.C20H16FN3/c1-19(2)5-4-14-30-23-11-9-21(10-12-23)7-8-22-16-25-24-13-6-20(3)15-26(24)29-18-27(25)28-17-22;21-17-7-3-1-5-14(17)10-9-13-11-16-15-6-2-4-8-18(15)24-20(22)19(16)23-12-13/h6,9-13,15-19H,4-5,7-8,14H2,1-3H3;1-8,11-12H,9-10H2,(H2,22,24). The molecule has 54 heavy (non-hydrogen) atoms. The number of anilines is 1. The number of hydrogen-bond acceptors (Lipinski definition) is 6. The number of ether oxygens (including phenoxy) is 1. The Labute approximate surface area is 316 Å². The van der Waals surface area contributed by atoms with Gasteiger partial charge in [-0.3, -0.25) is 15.0 Å². The number of aryl methyl sites for hydroxylation is 5. The van der Waals surface area contributed by atoms with Gasteiger partial charge in [-0.15, -0.1) is 0 Å². The molecule has 2 N–H and O–H groups in total. The molecule has 0 spiro atoms. The number of fused-ring (bicyclic) bond motifs is 6. The van der Waals surface area contributed by atoms with E-state index in [-0.39, 0.29) is 5.82 Å². The predicted molar refractivity (Wildman–Crippen MR) is 220 cm³/mol. The molecule has 8 rings (SSSR count). The van der Waals surface area contributed by atoms with Crippen molar-refractivity contribution < 1.29 is 9.13 Å². The zero-order valence-electron chi connectivity index (χ0n) is 31.2. The van der Waals surface area contributed by atoms with Crippen LogP contribution in [0.1, 0.15) is 54.5 Å². The topological polar surface area (TPSA) is 86.8 Å². The van der Waals surface area contributed by atoms with Gasteiger partial charge in [-0.05, 0) is 122 Å². The highest BCUT2D eigenvalue weighted by Gasteiger charge is 2.10. The minimum atomic E-state index is -0.162. The van der Waals surface area contributed by atoms with Gasteiger partial charge < -0.3 is 10.5 Å². The Morgan fingerprint density at radius 1 is 0.630 bits per heavy atom. The van der Waals surface area contributed by atoms with E-state index in [4.69, 9.17) is 10.5 Å². The summed E-state index contributed by atoms with van der Waals surface area (Å²) < 4.78 is 19.6. The summed E-state index contributed by atoms with van der Waals surface area (Å²) in [5, 5.41) is 4.38. The number of benzene rings is 4. The first-order valence-corrected chi connectivity index (χ1v) is 18.8. The van der Waals surface area contributed by atoms with Crippen LogP contribution in [0.4, 0.5) is 10.2 Å². The second-order valence-electron chi connectivity index (χ2n) is 14.4. The number of halogens is 1. The second kappa shape index (κ2) is 16.8. The summed E-state index contributed by atoms with van der Waals surface area (Å²) in [5.41, 5.74) is 15.2. The average molecular weight is 716 g/mol. The van der Waals surface area contributed by atoms with Crippen molar-refractivity contribution >= 4 is 49.4 Å². The van der Waals surface area contributed by atoms with E-state index in [1.54, 1.807) is 12.3 Å². The number of nitrogens with zero attached hydrogens (tertiary/aromatic N) is 4. The highest BCUT2D eigenvalue weighted by atomic mass is 19.1. The van der Waals surface area contributed by atoms with Crippen molar-refractivity contribution in [3.05, 3.63) is 155 Å². The van der Waals surface area contributed by atoms with Crippen LogP contribution < -0.4 is 10.5 Å². The first kappa shape index (κ1) is 36.4. The normalized spacial score (nSPS) is 11.4. The van der Waals surface area contributed by atoms with Crippen LogP contribution in [0.5, 0.6) is 5.75 Å². The van der Waals surface area contributed by atoms with Gasteiger partial charge in [0.2, 0.25) is 0 Å². The summed E-state index contributed by atoms with van der Waals surface area (Å²) >= 11 is 0. The number of pyridine rings is 4. The lowest BCUT2D eigenvalue weighted by atomic mass is 10.0. The van der Waals surface area contributed by atoms with Crippen molar-refractivity contribution in [1.29, 1.82) is 0 Å².